The molecule has 15 heavy (non-hydrogen) atoms. The van der Waals surface area contributed by atoms with E-state index in [-0.39, 0.29) is 6.41 Å². The van der Waals surface area contributed by atoms with Gasteiger partial charge in [-0.3, -0.25) is 4.79 Å². The molecule has 2 rings (SSSR count). The van der Waals surface area contributed by atoms with Crippen LogP contribution in [0.4, 0.5) is 0 Å². The zero-order chi connectivity index (χ0) is 11.3. The number of aryl methyl sites for hydroxylation is 2. The molecule has 2 aromatic carbocycles. The molecular weight excluding hydrogens is 186 g/mol. The minimum absolute atomic E-state index is 0.250. The lowest BCUT2D eigenvalue weighted by Gasteiger charge is -2.04. The van der Waals surface area contributed by atoms with Crippen molar-refractivity contribution in [3.63, 3.8) is 0 Å². The third-order valence-electron chi connectivity index (χ3n) is 2.47. The van der Waals surface area contributed by atoms with Crippen LogP contribution in [0.3, 0.4) is 0 Å². The number of nitrogens with two attached hydrogens (primary N) is 1. The summed E-state index contributed by atoms with van der Waals surface area (Å²) in [6.45, 7) is 4.33. The summed E-state index contributed by atoms with van der Waals surface area (Å²) in [5.74, 6) is 0. The summed E-state index contributed by atoms with van der Waals surface area (Å²) in [5, 5.41) is 2.71. The van der Waals surface area contributed by atoms with Gasteiger partial charge in [-0.25, -0.2) is 0 Å². The monoisotopic (exact) mass is 201 g/mol. The van der Waals surface area contributed by atoms with E-state index in [0.29, 0.717) is 0 Å². The molecule has 0 fully saturated rings. The first kappa shape index (κ1) is 11.2. The second-order valence-electron chi connectivity index (χ2n) is 3.36. The third kappa shape index (κ3) is 2.56. The van der Waals surface area contributed by atoms with Crippen LogP contribution < -0.4 is 5.73 Å². The minimum Gasteiger partial charge on any atom is -0.372 e. The van der Waals surface area contributed by atoms with Gasteiger partial charge in [-0.15, -0.1) is 0 Å². The van der Waals surface area contributed by atoms with Crippen molar-refractivity contribution in [3.8, 4) is 0 Å². The van der Waals surface area contributed by atoms with Gasteiger partial charge in [-0.1, -0.05) is 36.4 Å². The molecule has 2 N–H and O–H groups in total. The van der Waals surface area contributed by atoms with Crippen LogP contribution in [0, 0.1) is 13.8 Å². The molecule has 0 aliphatic carbocycles. The second kappa shape index (κ2) is 5.15. The molecule has 0 saturated carbocycles. The van der Waals surface area contributed by atoms with E-state index in [9.17, 15) is 0 Å². The van der Waals surface area contributed by atoms with E-state index in [1.165, 1.54) is 21.9 Å². The van der Waals surface area contributed by atoms with E-state index in [4.69, 9.17) is 4.79 Å². The van der Waals surface area contributed by atoms with Gasteiger partial charge in [-0.2, -0.15) is 0 Å². The van der Waals surface area contributed by atoms with Crippen LogP contribution in [0.15, 0.2) is 36.4 Å². The first-order valence-corrected chi connectivity index (χ1v) is 4.81. The van der Waals surface area contributed by atoms with Crippen molar-refractivity contribution >= 4 is 17.2 Å². The van der Waals surface area contributed by atoms with Gasteiger partial charge >= 0.3 is 0 Å². The van der Waals surface area contributed by atoms with Crippen LogP contribution in [0.2, 0.25) is 0 Å². The number of carbonyl (C=O) groups is 1. The van der Waals surface area contributed by atoms with Crippen LogP contribution in [0.5, 0.6) is 0 Å². The Kier molecular flexibility index (Phi) is 3.86. The highest BCUT2D eigenvalue weighted by atomic mass is 16.1. The summed E-state index contributed by atoms with van der Waals surface area (Å²) in [6.07, 6.45) is 0.250. The van der Waals surface area contributed by atoms with Gasteiger partial charge in [0.2, 0.25) is 6.41 Å². The molecular formula is C13H15NO. The predicted octanol–water partition coefficient (Wildman–Crippen LogP) is 2.56. The quantitative estimate of drug-likeness (QED) is 0.654. The summed E-state index contributed by atoms with van der Waals surface area (Å²) in [4.78, 5) is 8.58. The van der Waals surface area contributed by atoms with Crippen LogP contribution in [0.1, 0.15) is 11.1 Å². The number of rotatable bonds is 0. The molecule has 0 unspecified atom stereocenters. The Morgan fingerprint density at radius 3 is 2.33 bits per heavy atom. The van der Waals surface area contributed by atoms with Gasteiger partial charge in [0.15, 0.2) is 0 Å². The largest absolute Gasteiger partial charge is 0.372 e. The number of carbonyl (C=O) groups excluding carboxylic acids is 1. The molecule has 1 amide bonds. The maximum Gasteiger partial charge on any atom is 0.204 e. The standard InChI is InChI=1S/C12H12.CH3NO/c1-9-7-8-11-5-3-4-6-12(11)10(9)2;2-1-3/h3-8H,1-2H3;1H,(H2,2,3). The van der Waals surface area contributed by atoms with Crippen molar-refractivity contribution in [1.29, 1.82) is 0 Å². The third-order valence-corrected chi connectivity index (χ3v) is 2.47. The lowest BCUT2D eigenvalue weighted by molar-refractivity contribution is -0.106. The maximum atomic E-state index is 8.58. The zero-order valence-corrected chi connectivity index (χ0v) is 9.03. The molecule has 2 nitrogen and oxygen atoms in total. The van der Waals surface area contributed by atoms with Gasteiger partial charge in [-0.05, 0) is 35.7 Å². The lowest BCUT2D eigenvalue weighted by Crippen LogP contribution is -1.82. The van der Waals surface area contributed by atoms with Crippen molar-refractivity contribution in [1.82, 2.24) is 0 Å². The molecule has 0 spiro atoms. The molecule has 2 heteroatoms. The van der Waals surface area contributed by atoms with Gasteiger partial charge < -0.3 is 5.73 Å². The smallest absolute Gasteiger partial charge is 0.204 e. The highest BCUT2D eigenvalue weighted by Gasteiger charge is 1.97. The number of primary amides is 1. The molecule has 0 heterocycles. The van der Waals surface area contributed by atoms with Gasteiger partial charge in [0.25, 0.3) is 0 Å². The highest BCUT2D eigenvalue weighted by Crippen LogP contribution is 2.20. The topological polar surface area (TPSA) is 43.1 Å². The van der Waals surface area contributed by atoms with E-state index in [0.717, 1.165) is 0 Å². The number of hydrogen-bond donors (Lipinski definition) is 1. The van der Waals surface area contributed by atoms with Crippen molar-refractivity contribution in [2.45, 2.75) is 13.8 Å². The molecule has 0 aliphatic heterocycles. The van der Waals surface area contributed by atoms with Gasteiger partial charge in [0.05, 0.1) is 0 Å². The van der Waals surface area contributed by atoms with E-state index < -0.39 is 0 Å². The van der Waals surface area contributed by atoms with Crippen LogP contribution >= 0.6 is 0 Å². The molecule has 0 aromatic heterocycles. The molecule has 0 saturated heterocycles. The predicted molar refractivity (Wildman–Crippen MR) is 63.7 cm³/mol. The van der Waals surface area contributed by atoms with Crippen LogP contribution in [-0.4, -0.2) is 6.41 Å². The summed E-state index contributed by atoms with van der Waals surface area (Å²) in [6, 6.07) is 12.9. The van der Waals surface area contributed by atoms with Crippen LogP contribution in [0.25, 0.3) is 10.8 Å². The zero-order valence-electron chi connectivity index (χ0n) is 9.03. The highest BCUT2D eigenvalue weighted by molar-refractivity contribution is 5.86. The first-order chi connectivity index (χ1) is 7.20. The van der Waals surface area contributed by atoms with Crippen molar-refractivity contribution < 1.29 is 4.79 Å². The minimum atomic E-state index is 0.250. The summed E-state index contributed by atoms with van der Waals surface area (Å²) in [7, 11) is 0. The Labute approximate surface area is 89.7 Å². The Morgan fingerprint density at radius 1 is 1.07 bits per heavy atom. The maximum absolute atomic E-state index is 8.58. The number of amides is 1. The van der Waals surface area contributed by atoms with Gasteiger partial charge in [0.1, 0.15) is 0 Å². The van der Waals surface area contributed by atoms with Crippen molar-refractivity contribution in [2.24, 2.45) is 5.73 Å². The van der Waals surface area contributed by atoms with E-state index >= 15 is 0 Å². The Balaban J connectivity index is 0.000000337. The fraction of sp³-hybridized carbons (Fsp3) is 0.154. The second-order valence-corrected chi connectivity index (χ2v) is 3.36. The van der Waals surface area contributed by atoms with Gasteiger partial charge in [0, 0.05) is 0 Å². The van der Waals surface area contributed by atoms with Crippen molar-refractivity contribution in [2.75, 3.05) is 0 Å². The SMILES string of the molecule is Cc1ccc2ccccc2c1C.NC=O. The van der Waals surface area contributed by atoms with Crippen LogP contribution in [-0.2, 0) is 4.79 Å². The summed E-state index contributed by atoms with van der Waals surface area (Å²) >= 11 is 0. The Hall–Kier alpha value is -1.83. The normalized spacial score (nSPS) is 9.20. The number of fused-ring (bicyclic) bond motifs is 1. The van der Waals surface area contributed by atoms with Crippen molar-refractivity contribution in [3.05, 3.63) is 47.5 Å². The van der Waals surface area contributed by atoms with E-state index in [2.05, 4.69) is 56.0 Å². The fourth-order valence-electron chi connectivity index (χ4n) is 1.54. The van der Waals surface area contributed by atoms with E-state index in [1.54, 1.807) is 0 Å². The van der Waals surface area contributed by atoms with E-state index in [1.807, 2.05) is 0 Å². The molecule has 0 aliphatic rings. The molecule has 2 aromatic rings. The molecule has 0 bridgehead atoms. The first-order valence-electron chi connectivity index (χ1n) is 4.81. The average molecular weight is 201 g/mol. The molecule has 0 radical (unpaired) electrons. The molecule has 0 atom stereocenters. The summed E-state index contributed by atoms with van der Waals surface area (Å²) < 4.78 is 0. The Bertz CT molecular complexity index is 463. The number of hydrogen-bond acceptors (Lipinski definition) is 1. The number of benzene rings is 2. The Morgan fingerprint density at radius 2 is 1.67 bits per heavy atom. The average Bonchev–Trinajstić information content (AvgIpc) is 2.25. The molecule has 78 valence electrons. The fourth-order valence-corrected chi connectivity index (χ4v) is 1.54. The summed E-state index contributed by atoms with van der Waals surface area (Å²) in [5.41, 5.74) is 6.93. The lowest BCUT2D eigenvalue weighted by atomic mass is 10.0.